The van der Waals surface area contributed by atoms with Crippen molar-refractivity contribution in [3.63, 3.8) is 0 Å². The molecule has 0 aromatic heterocycles. The summed E-state index contributed by atoms with van der Waals surface area (Å²) in [5, 5.41) is 6.52. The molecule has 152 valence electrons. The van der Waals surface area contributed by atoms with Gasteiger partial charge in [-0.2, -0.15) is 8.78 Å². The van der Waals surface area contributed by atoms with E-state index < -0.39 is 6.61 Å². The van der Waals surface area contributed by atoms with Gasteiger partial charge in [0.05, 0.1) is 6.54 Å². The van der Waals surface area contributed by atoms with E-state index in [1.165, 1.54) is 12.5 Å². The Morgan fingerprint density at radius 3 is 2.78 bits per heavy atom. The van der Waals surface area contributed by atoms with Crippen LogP contribution in [0.15, 0.2) is 29.3 Å². The van der Waals surface area contributed by atoms with Gasteiger partial charge < -0.3 is 25.2 Å². The van der Waals surface area contributed by atoms with Crippen molar-refractivity contribution in [2.75, 3.05) is 52.9 Å². The number of hydrogen-bond donors (Lipinski definition) is 2. The average Bonchev–Trinajstić information content (AvgIpc) is 2.84. The van der Waals surface area contributed by atoms with Gasteiger partial charge in [0.2, 0.25) is 0 Å². The van der Waals surface area contributed by atoms with Crippen molar-refractivity contribution >= 4 is 5.96 Å². The number of nitrogens with one attached hydrogen (secondary N) is 2. The van der Waals surface area contributed by atoms with Gasteiger partial charge in [0.1, 0.15) is 5.75 Å². The quantitative estimate of drug-likeness (QED) is 0.531. The maximum absolute atomic E-state index is 12.5. The molecule has 6 nitrogen and oxygen atoms in total. The Morgan fingerprint density at radius 2 is 2.00 bits per heavy atom. The van der Waals surface area contributed by atoms with Crippen LogP contribution in [0, 0.1) is 0 Å². The highest BCUT2D eigenvalue weighted by Crippen LogP contribution is 2.20. The molecule has 1 heterocycles. The highest BCUT2D eigenvalue weighted by Gasteiger charge is 2.12. The van der Waals surface area contributed by atoms with Crippen molar-refractivity contribution in [2.24, 2.45) is 4.99 Å². The largest absolute Gasteiger partial charge is 0.434 e. The van der Waals surface area contributed by atoms with Crippen LogP contribution < -0.4 is 15.4 Å². The zero-order valence-electron chi connectivity index (χ0n) is 16.3. The molecule has 0 bridgehead atoms. The summed E-state index contributed by atoms with van der Waals surface area (Å²) in [6.07, 6.45) is 1.19. The van der Waals surface area contributed by atoms with E-state index in [0.717, 1.165) is 45.8 Å². The summed E-state index contributed by atoms with van der Waals surface area (Å²) in [4.78, 5) is 9.32. The third-order valence-corrected chi connectivity index (χ3v) is 4.47. The first-order chi connectivity index (χ1) is 13.1. The number of guanidine groups is 1. The van der Waals surface area contributed by atoms with Gasteiger partial charge in [0, 0.05) is 38.3 Å². The van der Waals surface area contributed by atoms with E-state index in [9.17, 15) is 8.78 Å². The van der Waals surface area contributed by atoms with Gasteiger partial charge in [-0.05, 0) is 39.5 Å². The highest BCUT2D eigenvalue weighted by molar-refractivity contribution is 5.79. The molecule has 27 heavy (non-hydrogen) atoms. The molecule has 1 aliphatic rings. The molecule has 1 fully saturated rings. The van der Waals surface area contributed by atoms with Crippen LogP contribution in [0.2, 0.25) is 0 Å². The third kappa shape index (κ3) is 8.09. The normalized spacial score (nSPS) is 17.0. The molecule has 2 rings (SSSR count). The van der Waals surface area contributed by atoms with Crippen LogP contribution in [0.1, 0.15) is 18.9 Å². The van der Waals surface area contributed by atoms with Crippen molar-refractivity contribution in [3.05, 3.63) is 29.8 Å². The minimum atomic E-state index is -2.84. The van der Waals surface area contributed by atoms with E-state index in [1.807, 2.05) is 6.92 Å². The fraction of sp³-hybridized carbons (Fsp3) is 0.632. The number of alkyl halides is 2. The molecular formula is C19H31F2N5O. The molecule has 0 aliphatic carbocycles. The number of nitrogens with zero attached hydrogens (tertiary/aromatic N) is 3. The van der Waals surface area contributed by atoms with Gasteiger partial charge in [0.25, 0.3) is 0 Å². The van der Waals surface area contributed by atoms with Gasteiger partial charge >= 0.3 is 6.61 Å². The Labute approximate surface area is 160 Å². The Bertz CT molecular complexity index is 585. The van der Waals surface area contributed by atoms with Gasteiger partial charge in [-0.25, -0.2) is 4.99 Å². The number of ether oxygens (including phenoxy) is 1. The summed E-state index contributed by atoms with van der Waals surface area (Å²) < 4.78 is 29.6. The molecule has 1 aromatic carbocycles. The molecule has 0 unspecified atom stereocenters. The lowest BCUT2D eigenvalue weighted by molar-refractivity contribution is -0.0504. The monoisotopic (exact) mass is 383 g/mol. The lowest BCUT2D eigenvalue weighted by Gasteiger charge is -2.21. The Morgan fingerprint density at radius 1 is 1.19 bits per heavy atom. The first-order valence-corrected chi connectivity index (χ1v) is 9.54. The van der Waals surface area contributed by atoms with Gasteiger partial charge in [-0.15, -0.1) is 0 Å². The summed E-state index contributed by atoms with van der Waals surface area (Å²) >= 11 is 0. The molecule has 0 spiro atoms. The molecule has 0 radical (unpaired) electrons. The van der Waals surface area contributed by atoms with Crippen LogP contribution in [-0.2, 0) is 6.54 Å². The summed E-state index contributed by atoms with van der Waals surface area (Å²) in [7, 11) is 2.16. The van der Waals surface area contributed by atoms with E-state index in [0.29, 0.717) is 11.5 Å². The van der Waals surface area contributed by atoms with E-state index in [4.69, 9.17) is 0 Å². The highest BCUT2D eigenvalue weighted by atomic mass is 19.3. The maximum atomic E-state index is 12.5. The Balaban J connectivity index is 1.87. The van der Waals surface area contributed by atoms with Gasteiger partial charge in [-0.1, -0.05) is 18.2 Å². The van der Waals surface area contributed by atoms with Crippen LogP contribution in [0.3, 0.4) is 0 Å². The fourth-order valence-corrected chi connectivity index (χ4v) is 3.01. The molecule has 0 amide bonds. The van der Waals surface area contributed by atoms with Crippen LogP contribution >= 0.6 is 0 Å². The zero-order chi connectivity index (χ0) is 19.5. The van der Waals surface area contributed by atoms with E-state index in [1.54, 1.807) is 18.2 Å². The second-order valence-electron chi connectivity index (χ2n) is 6.61. The van der Waals surface area contributed by atoms with Crippen LogP contribution in [0.5, 0.6) is 5.75 Å². The van der Waals surface area contributed by atoms with Crippen molar-refractivity contribution in [1.82, 2.24) is 20.4 Å². The molecule has 1 aliphatic heterocycles. The zero-order valence-corrected chi connectivity index (χ0v) is 16.3. The number of para-hydroxylation sites is 1. The summed E-state index contributed by atoms with van der Waals surface area (Å²) in [5.41, 5.74) is 0.630. The van der Waals surface area contributed by atoms with Crippen molar-refractivity contribution in [1.29, 1.82) is 0 Å². The average molecular weight is 383 g/mol. The van der Waals surface area contributed by atoms with Crippen LogP contribution in [0.4, 0.5) is 8.78 Å². The number of benzene rings is 1. The van der Waals surface area contributed by atoms with Crippen molar-refractivity contribution in [3.8, 4) is 5.75 Å². The lowest BCUT2D eigenvalue weighted by atomic mass is 10.2. The second kappa shape index (κ2) is 11.7. The number of aliphatic imine (C=N–C) groups is 1. The molecule has 0 saturated carbocycles. The number of halogens is 2. The molecule has 1 saturated heterocycles. The second-order valence-corrected chi connectivity index (χ2v) is 6.61. The standard InChI is InChI=1S/C19H31F2N5O/c1-3-22-19(23-9-12-26-11-6-10-25(2)13-14-26)24-15-16-7-4-5-8-17(16)27-18(20)21/h4-5,7-8,18H,3,6,9-15H2,1-2H3,(H2,22,23,24). The maximum Gasteiger partial charge on any atom is 0.387 e. The van der Waals surface area contributed by atoms with Crippen molar-refractivity contribution in [2.45, 2.75) is 26.5 Å². The summed E-state index contributed by atoms with van der Waals surface area (Å²) in [5.74, 6) is 0.845. The Kier molecular flexibility index (Phi) is 9.27. The molecule has 2 N–H and O–H groups in total. The number of likely N-dealkylation sites (N-methyl/N-ethyl adjacent to an activating group) is 1. The van der Waals surface area contributed by atoms with Crippen LogP contribution in [0.25, 0.3) is 0 Å². The van der Waals surface area contributed by atoms with Gasteiger partial charge in [0.15, 0.2) is 5.96 Å². The predicted molar refractivity (Wildman–Crippen MR) is 104 cm³/mol. The molecule has 1 aromatic rings. The smallest absolute Gasteiger partial charge is 0.387 e. The topological polar surface area (TPSA) is 52.1 Å². The molecule has 0 atom stereocenters. The third-order valence-electron chi connectivity index (χ3n) is 4.47. The first kappa shape index (κ1) is 21.4. The lowest BCUT2D eigenvalue weighted by Crippen LogP contribution is -2.42. The first-order valence-electron chi connectivity index (χ1n) is 9.54. The minimum absolute atomic E-state index is 0.167. The van der Waals surface area contributed by atoms with E-state index in [2.05, 4.69) is 37.2 Å². The number of hydrogen-bond acceptors (Lipinski definition) is 4. The number of rotatable bonds is 8. The Hall–Kier alpha value is -1.93. The summed E-state index contributed by atoms with van der Waals surface area (Å²) in [6, 6.07) is 6.75. The summed E-state index contributed by atoms with van der Waals surface area (Å²) in [6.45, 7) is 6.31. The SMILES string of the molecule is CCNC(=NCc1ccccc1OC(F)F)NCCN1CCCN(C)CC1. The molecule has 8 heteroatoms. The molecular weight excluding hydrogens is 352 g/mol. The predicted octanol–water partition coefficient (Wildman–Crippen LogP) is 1.98. The van der Waals surface area contributed by atoms with Crippen LogP contribution in [-0.4, -0.2) is 75.2 Å². The van der Waals surface area contributed by atoms with E-state index in [-0.39, 0.29) is 12.3 Å². The van der Waals surface area contributed by atoms with E-state index >= 15 is 0 Å². The minimum Gasteiger partial charge on any atom is -0.434 e. The van der Waals surface area contributed by atoms with Crippen molar-refractivity contribution < 1.29 is 13.5 Å². The van der Waals surface area contributed by atoms with Gasteiger partial charge in [-0.3, -0.25) is 0 Å². The fourth-order valence-electron chi connectivity index (χ4n) is 3.01.